The van der Waals surface area contributed by atoms with Gasteiger partial charge in [-0.2, -0.15) is 13.2 Å². The van der Waals surface area contributed by atoms with Gasteiger partial charge in [0.2, 0.25) is 0 Å². The number of nitrogens with one attached hydrogen (secondary N) is 1. The van der Waals surface area contributed by atoms with Crippen LogP contribution >= 0.6 is 0 Å². The largest absolute Gasteiger partial charge is 0.411 e. The number of halogens is 3. The molecule has 1 aliphatic rings. The van der Waals surface area contributed by atoms with Gasteiger partial charge in [-0.05, 0) is 31.2 Å². The fraction of sp³-hybridized carbons (Fsp3) is 0.600. The van der Waals surface area contributed by atoms with E-state index in [0.29, 0.717) is 12.5 Å². The van der Waals surface area contributed by atoms with Crippen molar-refractivity contribution in [2.45, 2.75) is 32.0 Å². The number of hydrogen-bond acceptors (Lipinski definition) is 2. The molecule has 0 saturated heterocycles. The van der Waals surface area contributed by atoms with E-state index < -0.39 is 12.8 Å². The van der Waals surface area contributed by atoms with E-state index in [2.05, 4.69) is 34.3 Å². The second-order valence-corrected chi connectivity index (χ2v) is 5.35. The summed E-state index contributed by atoms with van der Waals surface area (Å²) in [6, 6.07) is 8.52. The van der Waals surface area contributed by atoms with E-state index in [9.17, 15) is 13.2 Å². The average Bonchev–Trinajstić information content (AvgIpc) is 3.18. The highest BCUT2D eigenvalue weighted by Crippen LogP contribution is 2.40. The molecule has 1 aliphatic carbocycles. The fourth-order valence-electron chi connectivity index (χ4n) is 2.23. The Bertz CT molecular complexity index is 412. The van der Waals surface area contributed by atoms with E-state index in [0.717, 1.165) is 0 Å². The van der Waals surface area contributed by atoms with Gasteiger partial charge in [0.15, 0.2) is 0 Å². The van der Waals surface area contributed by atoms with Crippen LogP contribution in [0.4, 0.5) is 13.2 Å². The van der Waals surface area contributed by atoms with Crippen molar-refractivity contribution in [3.05, 3.63) is 35.4 Å². The summed E-state index contributed by atoms with van der Waals surface area (Å²) in [6.45, 7) is 1.38. The second kappa shape index (κ2) is 6.59. The standard InChI is InChI=1S/C15H20F3NO/c1-11-2-4-12(5-3-11)14(13-6-7-13)19-8-9-20-10-15(16,17)18/h2-5,13-14,19H,6-10H2,1H3. The van der Waals surface area contributed by atoms with Gasteiger partial charge in [0.25, 0.3) is 0 Å². The predicted molar refractivity (Wildman–Crippen MR) is 71.5 cm³/mol. The molecule has 1 N–H and O–H groups in total. The molecule has 1 aromatic carbocycles. The third-order valence-corrected chi connectivity index (χ3v) is 3.41. The summed E-state index contributed by atoms with van der Waals surface area (Å²) in [5, 5.41) is 3.31. The molecule has 0 bridgehead atoms. The smallest absolute Gasteiger partial charge is 0.371 e. The first-order valence-corrected chi connectivity index (χ1v) is 6.90. The van der Waals surface area contributed by atoms with Crippen molar-refractivity contribution in [2.75, 3.05) is 19.8 Å². The van der Waals surface area contributed by atoms with Crippen LogP contribution in [0.1, 0.15) is 30.0 Å². The van der Waals surface area contributed by atoms with E-state index in [1.165, 1.54) is 24.0 Å². The normalized spacial score (nSPS) is 17.2. The zero-order valence-electron chi connectivity index (χ0n) is 11.5. The summed E-state index contributed by atoms with van der Waals surface area (Å²) in [6.07, 6.45) is -1.89. The van der Waals surface area contributed by atoms with Crippen LogP contribution in [0.3, 0.4) is 0 Å². The zero-order chi connectivity index (χ0) is 14.6. The van der Waals surface area contributed by atoms with Crippen LogP contribution in [0.5, 0.6) is 0 Å². The maximum atomic E-state index is 11.9. The van der Waals surface area contributed by atoms with Gasteiger partial charge >= 0.3 is 6.18 Å². The van der Waals surface area contributed by atoms with Crippen LogP contribution in [0, 0.1) is 12.8 Å². The number of rotatable bonds is 7. The summed E-state index contributed by atoms with van der Waals surface area (Å²) in [7, 11) is 0. The molecule has 112 valence electrons. The molecule has 1 unspecified atom stereocenters. The summed E-state index contributed by atoms with van der Waals surface area (Å²) < 4.78 is 40.4. The Balaban J connectivity index is 1.77. The van der Waals surface area contributed by atoms with Gasteiger partial charge in [-0.1, -0.05) is 29.8 Å². The zero-order valence-corrected chi connectivity index (χ0v) is 11.5. The quantitative estimate of drug-likeness (QED) is 0.773. The average molecular weight is 287 g/mol. The highest BCUT2D eigenvalue weighted by atomic mass is 19.4. The lowest BCUT2D eigenvalue weighted by Gasteiger charge is -2.19. The molecule has 0 radical (unpaired) electrons. The molecular weight excluding hydrogens is 267 g/mol. The molecule has 2 rings (SSSR count). The first-order chi connectivity index (χ1) is 9.46. The van der Waals surface area contributed by atoms with Crippen molar-refractivity contribution in [3.63, 3.8) is 0 Å². The summed E-state index contributed by atoms with van der Waals surface area (Å²) >= 11 is 0. The molecule has 0 amide bonds. The van der Waals surface area contributed by atoms with Crippen molar-refractivity contribution in [3.8, 4) is 0 Å². The Labute approximate surface area is 117 Å². The van der Waals surface area contributed by atoms with Gasteiger partial charge in [0, 0.05) is 12.6 Å². The highest BCUT2D eigenvalue weighted by molar-refractivity contribution is 5.25. The van der Waals surface area contributed by atoms with Crippen molar-refractivity contribution in [1.29, 1.82) is 0 Å². The second-order valence-electron chi connectivity index (χ2n) is 5.35. The van der Waals surface area contributed by atoms with E-state index in [1.54, 1.807) is 0 Å². The molecule has 1 fully saturated rings. The van der Waals surface area contributed by atoms with Gasteiger partial charge in [-0.25, -0.2) is 0 Å². The predicted octanol–water partition coefficient (Wildman–Crippen LogP) is 3.61. The SMILES string of the molecule is Cc1ccc(C(NCCOCC(F)(F)F)C2CC2)cc1. The number of benzene rings is 1. The van der Waals surface area contributed by atoms with Crippen LogP contribution in [0.25, 0.3) is 0 Å². The molecule has 0 aliphatic heterocycles. The van der Waals surface area contributed by atoms with E-state index in [-0.39, 0.29) is 12.6 Å². The van der Waals surface area contributed by atoms with E-state index in [4.69, 9.17) is 0 Å². The van der Waals surface area contributed by atoms with Crippen molar-refractivity contribution >= 4 is 0 Å². The van der Waals surface area contributed by atoms with E-state index in [1.807, 2.05) is 6.92 Å². The van der Waals surface area contributed by atoms with Crippen LogP contribution in [0.15, 0.2) is 24.3 Å². The van der Waals surface area contributed by atoms with E-state index >= 15 is 0 Å². The molecule has 1 atom stereocenters. The third kappa shape index (κ3) is 5.13. The maximum Gasteiger partial charge on any atom is 0.411 e. The molecule has 2 nitrogen and oxygen atoms in total. The monoisotopic (exact) mass is 287 g/mol. The van der Waals surface area contributed by atoms with Crippen LogP contribution in [0.2, 0.25) is 0 Å². The summed E-state index contributed by atoms with van der Waals surface area (Å²) in [5.74, 6) is 0.598. The Morgan fingerprint density at radius 2 is 1.90 bits per heavy atom. The molecule has 0 aromatic heterocycles. The van der Waals surface area contributed by atoms with Gasteiger partial charge < -0.3 is 10.1 Å². The minimum absolute atomic E-state index is 0.0780. The molecular formula is C15H20F3NO. The van der Waals surface area contributed by atoms with Gasteiger partial charge in [-0.3, -0.25) is 0 Å². The third-order valence-electron chi connectivity index (χ3n) is 3.41. The van der Waals surface area contributed by atoms with Crippen LogP contribution < -0.4 is 5.32 Å². The van der Waals surface area contributed by atoms with Gasteiger partial charge in [0.05, 0.1) is 6.61 Å². The molecule has 0 spiro atoms. The van der Waals surface area contributed by atoms with Crippen LogP contribution in [-0.2, 0) is 4.74 Å². The first-order valence-electron chi connectivity index (χ1n) is 6.90. The maximum absolute atomic E-state index is 11.9. The fourth-order valence-corrected chi connectivity index (χ4v) is 2.23. The number of aryl methyl sites for hydroxylation is 1. The van der Waals surface area contributed by atoms with Crippen molar-refractivity contribution in [2.24, 2.45) is 5.92 Å². The number of ether oxygens (including phenoxy) is 1. The molecule has 0 heterocycles. The van der Waals surface area contributed by atoms with Gasteiger partial charge in [-0.15, -0.1) is 0 Å². The van der Waals surface area contributed by atoms with Crippen molar-refractivity contribution < 1.29 is 17.9 Å². The lowest BCUT2D eigenvalue weighted by atomic mass is 10.0. The summed E-state index contributed by atoms with van der Waals surface area (Å²) in [4.78, 5) is 0. The lowest BCUT2D eigenvalue weighted by Crippen LogP contribution is -2.28. The molecule has 5 heteroatoms. The molecule has 1 saturated carbocycles. The minimum Gasteiger partial charge on any atom is -0.371 e. The Kier molecular flexibility index (Phi) is 5.05. The lowest BCUT2D eigenvalue weighted by molar-refractivity contribution is -0.173. The van der Waals surface area contributed by atoms with Crippen molar-refractivity contribution in [1.82, 2.24) is 5.32 Å². The Hall–Kier alpha value is -1.07. The summed E-state index contributed by atoms with van der Waals surface area (Å²) in [5.41, 5.74) is 2.41. The number of hydrogen-bond donors (Lipinski definition) is 1. The van der Waals surface area contributed by atoms with Crippen LogP contribution in [-0.4, -0.2) is 25.9 Å². The highest BCUT2D eigenvalue weighted by Gasteiger charge is 2.32. The Morgan fingerprint density at radius 3 is 2.45 bits per heavy atom. The minimum atomic E-state index is -4.24. The number of alkyl halides is 3. The van der Waals surface area contributed by atoms with Gasteiger partial charge in [0.1, 0.15) is 6.61 Å². The topological polar surface area (TPSA) is 21.3 Å². The first kappa shape index (κ1) is 15.3. The molecule has 1 aromatic rings. The molecule has 20 heavy (non-hydrogen) atoms. The Morgan fingerprint density at radius 1 is 1.25 bits per heavy atom.